The monoisotopic (exact) mass is 165 g/mol. The molecule has 1 aliphatic carbocycles. The van der Waals surface area contributed by atoms with E-state index >= 15 is 0 Å². The largest absolute Gasteiger partial charge is 0.467 e. The summed E-state index contributed by atoms with van der Waals surface area (Å²) in [4.78, 5) is 0. The fraction of sp³-hybridized carbons (Fsp3) is 0.600. The van der Waals surface area contributed by atoms with Crippen LogP contribution in [0.15, 0.2) is 22.8 Å². The molecule has 1 aliphatic rings. The van der Waals surface area contributed by atoms with Crippen LogP contribution >= 0.6 is 0 Å². The predicted molar refractivity (Wildman–Crippen MR) is 47.7 cm³/mol. The standard InChI is InChI=1S/C10H15NO/c11-10(6-2-1-3-7-10)9-5-4-8-12-9/h4-5,8H,1-3,6-7,11H2. The molecular formula is C10H15NO. The van der Waals surface area contributed by atoms with Crippen molar-refractivity contribution < 1.29 is 4.42 Å². The summed E-state index contributed by atoms with van der Waals surface area (Å²) in [7, 11) is 0. The number of hydrogen-bond donors (Lipinski definition) is 1. The van der Waals surface area contributed by atoms with Crippen LogP contribution in [0.25, 0.3) is 0 Å². The third kappa shape index (κ3) is 1.27. The average Bonchev–Trinajstić information content (AvgIpc) is 2.58. The van der Waals surface area contributed by atoms with Crippen molar-refractivity contribution in [2.24, 2.45) is 5.73 Å². The number of rotatable bonds is 1. The van der Waals surface area contributed by atoms with Gasteiger partial charge in [0, 0.05) is 0 Å². The Morgan fingerprint density at radius 2 is 2.00 bits per heavy atom. The number of nitrogens with two attached hydrogens (primary N) is 1. The highest BCUT2D eigenvalue weighted by molar-refractivity contribution is 5.12. The summed E-state index contributed by atoms with van der Waals surface area (Å²) in [6.07, 6.45) is 7.63. The van der Waals surface area contributed by atoms with E-state index in [1.54, 1.807) is 6.26 Å². The Kier molecular flexibility index (Phi) is 1.93. The summed E-state index contributed by atoms with van der Waals surface area (Å²) in [5.74, 6) is 0.960. The Balaban J connectivity index is 2.19. The van der Waals surface area contributed by atoms with Crippen molar-refractivity contribution in [2.45, 2.75) is 37.6 Å². The van der Waals surface area contributed by atoms with Gasteiger partial charge in [-0.05, 0) is 25.0 Å². The van der Waals surface area contributed by atoms with E-state index in [0.29, 0.717) is 0 Å². The van der Waals surface area contributed by atoms with Crippen LogP contribution in [0.5, 0.6) is 0 Å². The van der Waals surface area contributed by atoms with Crippen molar-refractivity contribution in [3.8, 4) is 0 Å². The van der Waals surface area contributed by atoms with Gasteiger partial charge in [-0.25, -0.2) is 0 Å². The van der Waals surface area contributed by atoms with Gasteiger partial charge < -0.3 is 10.2 Å². The van der Waals surface area contributed by atoms with Gasteiger partial charge >= 0.3 is 0 Å². The van der Waals surface area contributed by atoms with Crippen molar-refractivity contribution in [3.05, 3.63) is 24.2 Å². The molecule has 0 spiro atoms. The molecule has 1 heterocycles. The molecule has 2 N–H and O–H groups in total. The van der Waals surface area contributed by atoms with Gasteiger partial charge in [0.25, 0.3) is 0 Å². The van der Waals surface area contributed by atoms with E-state index in [0.717, 1.165) is 18.6 Å². The molecule has 0 amide bonds. The minimum absolute atomic E-state index is 0.165. The van der Waals surface area contributed by atoms with Gasteiger partial charge in [-0.2, -0.15) is 0 Å². The summed E-state index contributed by atoms with van der Waals surface area (Å²) in [5.41, 5.74) is 6.07. The molecule has 1 aromatic rings. The Bertz CT molecular complexity index is 234. The van der Waals surface area contributed by atoms with Crippen molar-refractivity contribution >= 4 is 0 Å². The number of hydrogen-bond acceptors (Lipinski definition) is 2. The van der Waals surface area contributed by atoms with Crippen molar-refractivity contribution in [1.82, 2.24) is 0 Å². The summed E-state index contributed by atoms with van der Waals surface area (Å²) in [6.45, 7) is 0. The maximum atomic E-state index is 6.23. The Morgan fingerprint density at radius 3 is 2.58 bits per heavy atom. The zero-order chi connectivity index (χ0) is 8.44. The van der Waals surface area contributed by atoms with E-state index in [4.69, 9.17) is 10.2 Å². The third-order valence-electron chi connectivity index (χ3n) is 2.76. The smallest absolute Gasteiger partial charge is 0.123 e. The van der Waals surface area contributed by atoms with E-state index in [1.165, 1.54) is 19.3 Å². The van der Waals surface area contributed by atoms with Gasteiger partial charge in [0.15, 0.2) is 0 Å². The van der Waals surface area contributed by atoms with Gasteiger partial charge in [0.05, 0.1) is 11.8 Å². The van der Waals surface area contributed by atoms with Gasteiger partial charge in [-0.1, -0.05) is 19.3 Å². The van der Waals surface area contributed by atoms with Gasteiger partial charge in [-0.3, -0.25) is 0 Å². The highest BCUT2D eigenvalue weighted by atomic mass is 16.3. The van der Waals surface area contributed by atoms with E-state index in [-0.39, 0.29) is 5.54 Å². The molecule has 12 heavy (non-hydrogen) atoms. The normalized spacial score (nSPS) is 22.4. The molecule has 0 aliphatic heterocycles. The highest BCUT2D eigenvalue weighted by Crippen LogP contribution is 2.34. The second kappa shape index (κ2) is 2.94. The van der Waals surface area contributed by atoms with Crippen molar-refractivity contribution in [2.75, 3.05) is 0 Å². The van der Waals surface area contributed by atoms with Crippen LogP contribution in [0, 0.1) is 0 Å². The highest BCUT2D eigenvalue weighted by Gasteiger charge is 2.31. The second-order valence-corrected chi connectivity index (χ2v) is 3.69. The molecule has 0 unspecified atom stereocenters. The predicted octanol–water partition coefficient (Wildman–Crippen LogP) is 2.40. The van der Waals surface area contributed by atoms with Crippen LogP contribution in [-0.2, 0) is 5.54 Å². The first-order valence-electron chi connectivity index (χ1n) is 4.64. The lowest BCUT2D eigenvalue weighted by Crippen LogP contribution is -2.38. The Hall–Kier alpha value is -0.760. The summed E-state index contributed by atoms with van der Waals surface area (Å²) in [5, 5.41) is 0. The van der Waals surface area contributed by atoms with Crippen LogP contribution in [0.2, 0.25) is 0 Å². The Labute approximate surface area is 72.7 Å². The zero-order valence-corrected chi connectivity index (χ0v) is 7.25. The van der Waals surface area contributed by atoms with Gasteiger partial charge in [0.2, 0.25) is 0 Å². The van der Waals surface area contributed by atoms with Crippen LogP contribution in [0.4, 0.5) is 0 Å². The minimum Gasteiger partial charge on any atom is -0.467 e. The lowest BCUT2D eigenvalue weighted by Gasteiger charge is -2.31. The quantitative estimate of drug-likeness (QED) is 0.694. The molecule has 0 atom stereocenters. The first-order valence-corrected chi connectivity index (χ1v) is 4.64. The minimum atomic E-state index is -0.165. The first kappa shape index (κ1) is 7.87. The fourth-order valence-electron chi connectivity index (χ4n) is 1.99. The van der Waals surface area contributed by atoms with Crippen molar-refractivity contribution in [1.29, 1.82) is 0 Å². The summed E-state index contributed by atoms with van der Waals surface area (Å²) in [6, 6.07) is 3.91. The molecular weight excluding hydrogens is 150 g/mol. The second-order valence-electron chi connectivity index (χ2n) is 3.69. The molecule has 2 rings (SSSR count). The lowest BCUT2D eigenvalue weighted by atomic mass is 9.81. The zero-order valence-electron chi connectivity index (χ0n) is 7.25. The van der Waals surface area contributed by atoms with Crippen molar-refractivity contribution in [3.63, 3.8) is 0 Å². The molecule has 0 aromatic carbocycles. The van der Waals surface area contributed by atoms with Crippen LogP contribution in [0.3, 0.4) is 0 Å². The molecule has 1 aromatic heterocycles. The Morgan fingerprint density at radius 1 is 1.25 bits per heavy atom. The van der Waals surface area contributed by atoms with Gasteiger partial charge in [0.1, 0.15) is 5.76 Å². The topological polar surface area (TPSA) is 39.2 Å². The molecule has 0 bridgehead atoms. The molecule has 0 saturated heterocycles. The molecule has 1 saturated carbocycles. The van der Waals surface area contributed by atoms with Gasteiger partial charge in [-0.15, -0.1) is 0 Å². The molecule has 0 radical (unpaired) electrons. The molecule has 2 heteroatoms. The fourth-order valence-corrected chi connectivity index (χ4v) is 1.99. The maximum absolute atomic E-state index is 6.23. The molecule has 2 nitrogen and oxygen atoms in total. The van der Waals surface area contributed by atoms with E-state index in [2.05, 4.69) is 0 Å². The SMILES string of the molecule is NC1(c2ccco2)CCCCC1. The van der Waals surface area contributed by atoms with E-state index in [1.807, 2.05) is 12.1 Å². The third-order valence-corrected chi connectivity index (χ3v) is 2.76. The maximum Gasteiger partial charge on any atom is 0.123 e. The number of furan rings is 1. The van der Waals surface area contributed by atoms with Crippen LogP contribution in [0.1, 0.15) is 37.9 Å². The van der Waals surface area contributed by atoms with E-state index in [9.17, 15) is 0 Å². The molecule has 1 fully saturated rings. The van der Waals surface area contributed by atoms with E-state index < -0.39 is 0 Å². The molecule has 66 valence electrons. The summed E-state index contributed by atoms with van der Waals surface area (Å²) >= 11 is 0. The average molecular weight is 165 g/mol. The van der Waals surface area contributed by atoms with Crippen LogP contribution < -0.4 is 5.73 Å². The first-order chi connectivity index (χ1) is 5.81. The van der Waals surface area contributed by atoms with Crippen LogP contribution in [-0.4, -0.2) is 0 Å². The lowest BCUT2D eigenvalue weighted by molar-refractivity contribution is 0.252. The summed E-state index contributed by atoms with van der Waals surface area (Å²) < 4.78 is 5.35.